The molecular formula is CNa4O4. The van der Waals surface area contributed by atoms with E-state index in [9.17, 15) is 0 Å². The van der Waals surface area contributed by atoms with Crippen molar-refractivity contribution in [3.8, 4) is 0 Å². The van der Waals surface area contributed by atoms with Crippen molar-refractivity contribution in [2.75, 3.05) is 0 Å². The molecule has 0 unspecified atom stereocenters. The average molecular weight is 168 g/mol. The van der Waals surface area contributed by atoms with Gasteiger partial charge in [-0.2, -0.15) is 0 Å². The van der Waals surface area contributed by atoms with Gasteiger partial charge in [-0.25, -0.2) is 0 Å². The molecule has 0 saturated carbocycles. The van der Waals surface area contributed by atoms with Crippen molar-refractivity contribution in [2.45, 2.75) is 6.16 Å². The molecule has 0 spiro atoms. The predicted molar refractivity (Wildman–Crippen MR) is 2.73 cm³/mol. The summed E-state index contributed by atoms with van der Waals surface area (Å²) in [4.78, 5) is 0. The second kappa shape index (κ2) is 14.4. The summed E-state index contributed by atoms with van der Waals surface area (Å²) in [5.41, 5.74) is 0. The summed E-state index contributed by atoms with van der Waals surface area (Å²) in [7, 11) is 0. The van der Waals surface area contributed by atoms with Gasteiger partial charge in [-0.3, -0.25) is 0 Å². The molecule has 0 atom stereocenters. The second-order valence-electron chi connectivity index (χ2n) is 0.500. The van der Waals surface area contributed by atoms with Crippen LogP contribution in [0.1, 0.15) is 0 Å². The van der Waals surface area contributed by atoms with E-state index in [1.54, 1.807) is 0 Å². The average Bonchev–Trinajstić information content (AvgIpc) is 0.722. The summed E-state index contributed by atoms with van der Waals surface area (Å²) in [6, 6.07) is 0. The van der Waals surface area contributed by atoms with E-state index in [0.717, 1.165) is 0 Å². The van der Waals surface area contributed by atoms with E-state index in [1.165, 1.54) is 0 Å². The van der Waals surface area contributed by atoms with Gasteiger partial charge in [0, 0.05) is 0 Å². The first-order valence-corrected chi connectivity index (χ1v) is 0.816. The molecule has 0 heterocycles. The van der Waals surface area contributed by atoms with Crippen LogP contribution in [0.2, 0.25) is 0 Å². The molecule has 0 aromatic carbocycles. The molecule has 0 radical (unpaired) electrons. The molecule has 0 aliphatic rings. The van der Waals surface area contributed by atoms with Crippen molar-refractivity contribution >= 4 is 0 Å². The minimum absolute atomic E-state index is 0. The molecule has 9 heavy (non-hydrogen) atoms. The van der Waals surface area contributed by atoms with Crippen molar-refractivity contribution in [1.29, 1.82) is 0 Å². The van der Waals surface area contributed by atoms with Crippen molar-refractivity contribution in [3.63, 3.8) is 0 Å². The maximum atomic E-state index is 8.44. The van der Waals surface area contributed by atoms with Crippen LogP contribution in [0.15, 0.2) is 0 Å². The number of rotatable bonds is 0. The van der Waals surface area contributed by atoms with Crippen LogP contribution in [-0.2, 0) is 0 Å². The summed E-state index contributed by atoms with van der Waals surface area (Å²) >= 11 is 0. The Kier molecular flexibility index (Phi) is 46.8. The van der Waals surface area contributed by atoms with E-state index in [0.29, 0.717) is 0 Å². The van der Waals surface area contributed by atoms with Gasteiger partial charge < -0.3 is 26.6 Å². The van der Waals surface area contributed by atoms with Crippen LogP contribution in [0.4, 0.5) is 0 Å². The Morgan fingerprint density at radius 3 is 0.556 bits per heavy atom. The maximum absolute atomic E-state index is 8.44. The van der Waals surface area contributed by atoms with Crippen molar-refractivity contribution in [3.05, 3.63) is 0 Å². The Morgan fingerprint density at radius 1 is 0.556 bits per heavy atom. The molecule has 0 aliphatic heterocycles. The van der Waals surface area contributed by atoms with E-state index in [1.807, 2.05) is 0 Å². The largest absolute Gasteiger partial charge is 1.00 e. The van der Waals surface area contributed by atoms with Gasteiger partial charge in [0.15, 0.2) is 0 Å². The SMILES string of the molecule is [Na+].[Na+].[Na+].[Na+].[O-]C([O-])([O-])[O-]. The van der Waals surface area contributed by atoms with Gasteiger partial charge >= 0.3 is 118 Å². The van der Waals surface area contributed by atoms with Crippen LogP contribution in [0.5, 0.6) is 0 Å². The minimum Gasteiger partial charge on any atom is -0.890 e. The third kappa shape index (κ3) is 77.7. The standard InChI is InChI=1S/CO4.4Na/c2-1(3,4)5;;;;/q-4;4*+1. The van der Waals surface area contributed by atoms with Crippen LogP contribution >= 0.6 is 0 Å². The first-order valence-electron chi connectivity index (χ1n) is 0.816. The minimum atomic E-state index is -4.50. The van der Waals surface area contributed by atoms with Crippen LogP contribution < -0.4 is 139 Å². The quantitative estimate of drug-likeness (QED) is 0.265. The monoisotopic (exact) mass is 168 g/mol. The van der Waals surface area contributed by atoms with E-state index >= 15 is 0 Å². The zero-order chi connectivity index (χ0) is 4.50. The topological polar surface area (TPSA) is 92.2 Å². The Labute approximate surface area is 142 Å². The van der Waals surface area contributed by atoms with Gasteiger partial charge in [-0.05, 0) is 0 Å². The van der Waals surface area contributed by atoms with Gasteiger partial charge in [0.25, 0.3) is 0 Å². The molecule has 4 nitrogen and oxygen atoms in total. The normalized spacial score (nSPS) is 6.67. The summed E-state index contributed by atoms with van der Waals surface area (Å²) in [5.74, 6) is 0. The van der Waals surface area contributed by atoms with E-state index in [-0.39, 0.29) is 118 Å². The third-order valence-electron chi connectivity index (χ3n) is 0. The fourth-order valence-corrected chi connectivity index (χ4v) is 0. The first-order chi connectivity index (χ1) is 2.00. The molecule has 32 valence electrons. The Morgan fingerprint density at radius 2 is 0.556 bits per heavy atom. The Bertz CT molecular complexity index is 28.0. The molecule has 0 fully saturated rings. The van der Waals surface area contributed by atoms with Crippen molar-refractivity contribution < 1.29 is 139 Å². The first kappa shape index (κ1) is 29.3. The van der Waals surface area contributed by atoms with Crippen molar-refractivity contribution in [2.24, 2.45) is 0 Å². The van der Waals surface area contributed by atoms with Gasteiger partial charge in [-0.15, -0.1) is 0 Å². The Hall–Kier alpha value is 3.84. The summed E-state index contributed by atoms with van der Waals surface area (Å²) in [6.45, 7) is 0. The van der Waals surface area contributed by atoms with E-state index in [4.69, 9.17) is 20.4 Å². The molecule has 0 aromatic heterocycles. The smallest absolute Gasteiger partial charge is 0.890 e. The molecule has 0 aromatic rings. The summed E-state index contributed by atoms with van der Waals surface area (Å²) in [5, 5.41) is 33.8. The molecule has 0 rings (SSSR count). The summed E-state index contributed by atoms with van der Waals surface area (Å²) < 4.78 is 0. The molecular weight excluding hydrogens is 168 g/mol. The van der Waals surface area contributed by atoms with Crippen LogP contribution in [-0.4, -0.2) is 6.16 Å². The zero-order valence-electron chi connectivity index (χ0n) is 6.13. The molecule has 8 heteroatoms. The fraction of sp³-hybridized carbons (Fsp3) is 1.00. The second-order valence-corrected chi connectivity index (χ2v) is 0.500. The molecule has 0 saturated heterocycles. The molecule has 0 N–H and O–H groups in total. The maximum Gasteiger partial charge on any atom is 1.00 e. The number of hydrogen-bond acceptors (Lipinski definition) is 4. The van der Waals surface area contributed by atoms with Crippen LogP contribution in [0.25, 0.3) is 0 Å². The van der Waals surface area contributed by atoms with Crippen LogP contribution in [0, 0.1) is 0 Å². The van der Waals surface area contributed by atoms with E-state index in [2.05, 4.69) is 0 Å². The molecule has 0 aliphatic carbocycles. The van der Waals surface area contributed by atoms with Crippen LogP contribution in [0.3, 0.4) is 0 Å². The molecule has 0 bridgehead atoms. The van der Waals surface area contributed by atoms with Gasteiger partial charge in [0.2, 0.25) is 0 Å². The zero-order valence-corrected chi connectivity index (χ0v) is 14.1. The van der Waals surface area contributed by atoms with Gasteiger partial charge in [0.1, 0.15) is 0 Å². The summed E-state index contributed by atoms with van der Waals surface area (Å²) in [6.07, 6.45) is -4.50. The Balaban J connectivity index is -0.0000000133. The number of hydrogen-bond donors (Lipinski definition) is 0. The van der Waals surface area contributed by atoms with Gasteiger partial charge in [-0.1, -0.05) is 0 Å². The third-order valence-corrected chi connectivity index (χ3v) is 0. The fourth-order valence-electron chi connectivity index (χ4n) is 0. The predicted octanol–water partition coefficient (Wildman–Crippen LogP) is -16.9. The van der Waals surface area contributed by atoms with E-state index < -0.39 is 6.16 Å². The van der Waals surface area contributed by atoms with Crippen molar-refractivity contribution in [1.82, 2.24) is 0 Å². The van der Waals surface area contributed by atoms with Gasteiger partial charge in [0.05, 0.1) is 0 Å². The molecule has 0 amide bonds.